The highest BCUT2D eigenvalue weighted by atomic mass is 35.5. The predicted octanol–water partition coefficient (Wildman–Crippen LogP) is 5.43. The van der Waals surface area contributed by atoms with Crippen molar-refractivity contribution in [3.05, 3.63) is 57.3 Å². The molecule has 0 saturated heterocycles. The number of carbonyl (C=O) groups excluding carboxylic acids is 1. The van der Waals surface area contributed by atoms with E-state index in [4.69, 9.17) is 39.5 Å². The predicted molar refractivity (Wildman–Crippen MR) is 96.0 cm³/mol. The molecule has 122 valence electrons. The quantitative estimate of drug-likeness (QED) is 0.567. The van der Waals surface area contributed by atoms with Crippen molar-refractivity contribution >= 4 is 51.7 Å². The molecule has 0 aliphatic carbocycles. The lowest BCUT2D eigenvalue weighted by Crippen LogP contribution is -2.06. The molecule has 0 fully saturated rings. The lowest BCUT2D eigenvalue weighted by Gasteiger charge is -2.10. The van der Waals surface area contributed by atoms with Crippen molar-refractivity contribution in [1.29, 1.82) is 0 Å². The molecule has 4 nitrogen and oxygen atoms in total. The largest absolute Gasteiger partial charge is 0.462 e. The van der Waals surface area contributed by atoms with Gasteiger partial charge in [0.05, 0.1) is 28.4 Å². The number of pyridine rings is 2. The van der Waals surface area contributed by atoms with Crippen molar-refractivity contribution in [1.82, 2.24) is 9.97 Å². The van der Waals surface area contributed by atoms with E-state index in [-0.39, 0.29) is 17.2 Å². The molecule has 0 amide bonds. The van der Waals surface area contributed by atoms with Crippen LogP contribution in [-0.4, -0.2) is 22.5 Å². The molecule has 0 aliphatic heterocycles. The minimum absolute atomic E-state index is 0.215. The molecule has 0 spiro atoms. The van der Waals surface area contributed by atoms with Gasteiger partial charge in [-0.15, -0.1) is 0 Å². The van der Waals surface area contributed by atoms with Crippen LogP contribution in [0.4, 0.5) is 0 Å². The number of aromatic nitrogens is 2. The number of benzene rings is 1. The van der Waals surface area contributed by atoms with E-state index in [0.29, 0.717) is 32.2 Å². The van der Waals surface area contributed by atoms with E-state index in [0.717, 1.165) is 0 Å². The van der Waals surface area contributed by atoms with E-state index < -0.39 is 5.97 Å². The first-order valence-electron chi connectivity index (χ1n) is 7.08. The number of nitrogens with zero attached hydrogens (tertiary/aromatic N) is 2. The molecule has 2 aromatic heterocycles. The second-order valence-corrected chi connectivity index (χ2v) is 6.17. The minimum atomic E-state index is -0.513. The minimum Gasteiger partial charge on any atom is -0.462 e. The van der Waals surface area contributed by atoms with Gasteiger partial charge in [-0.2, -0.15) is 0 Å². The number of carbonyl (C=O) groups is 1. The Bertz CT molecular complexity index is 924. The maximum absolute atomic E-state index is 12.0. The molecule has 0 N–H and O–H groups in total. The van der Waals surface area contributed by atoms with Gasteiger partial charge in [-0.05, 0) is 31.2 Å². The fraction of sp³-hybridized carbons (Fsp3) is 0.118. The average molecular weight is 382 g/mol. The van der Waals surface area contributed by atoms with Crippen molar-refractivity contribution < 1.29 is 9.53 Å². The number of fused-ring (bicyclic) bond motifs is 1. The Kier molecular flexibility index (Phi) is 4.90. The Morgan fingerprint density at radius 2 is 1.83 bits per heavy atom. The van der Waals surface area contributed by atoms with Crippen LogP contribution in [0.3, 0.4) is 0 Å². The van der Waals surface area contributed by atoms with Crippen LogP contribution >= 0.6 is 34.8 Å². The topological polar surface area (TPSA) is 52.1 Å². The van der Waals surface area contributed by atoms with Crippen molar-refractivity contribution in [2.24, 2.45) is 0 Å². The first-order valence-corrected chi connectivity index (χ1v) is 8.21. The van der Waals surface area contributed by atoms with Crippen molar-refractivity contribution in [2.45, 2.75) is 6.92 Å². The van der Waals surface area contributed by atoms with Crippen LogP contribution in [0.2, 0.25) is 15.1 Å². The molecular weight excluding hydrogens is 371 g/mol. The lowest BCUT2D eigenvalue weighted by molar-refractivity contribution is 0.0526. The van der Waals surface area contributed by atoms with Gasteiger partial charge in [-0.1, -0.05) is 34.8 Å². The summed E-state index contributed by atoms with van der Waals surface area (Å²) < 4.78 is 4.99. The van der Waals surface area contributed by atoms with Gasteiger partial charge in [-0.25, -0.2) is 4.79 Å². The zero-order chi connectivity index (χ0) is 17.3. The van der Waals surface area contributed by atoms with Crippen LogP contribution in [0.25, 0.3) is 22.2 Å². The van der Waals surface area contributed by atoms with Gasteiger partial charge in [-0.3, -0.25) is 9.97 Å². The summed E-state index contributed by atoms with van der Waals surface area (Å²) in [6.45, 7) is 1.99. The first kappa shape index (κ1) is 17.0. The second-order valence-electron chi connectivity index (χ2n) is 4.92. The molecular formula is C17H11Cl3N2O2. The summed E-state index contributed by atoms with van der Waals surface area (Å²) in [7, 11) is 0. The van der Waals surface area contributed by atoms with Crippen LogP contribution in [-0.2, 0) is 4.74 Å². The molecule has 0 radical (unpaired) electrons. The van der Waals surface area contributed by atoms with Gasteiger partial charge >= 0.3 is 5.97 Å². The third-order valence-corrected chi connectivity index (χ3v) is 4.19. The Morgan fingerprint density at radius 1 is 1.12 bits per heavy atom. The molecule has 3 aromatic rings. The molecule has 0 unspecified atom stereocenters. The molecule has 24 heavy (non-hydrogen) atoms. The molecule has 1 aromatic carbocycles. The number of esters is 1. The third-order valence-electron chi connectivity index (χ3n) is 3.35. The molecule has 0 saturated carbocycles. The van der Waals surface area contributed by atoms with Crippen molar-refractivity contribution in [2.75, 3.05) is 6.61 Å². The number of hydrogen-bond acceptors (Lipinski definition) is 4. The summed E-state index contributed by atoms with van der Waals surface area (Å²) in [5.41, 5.74) is 2.06. The van der Waals surface area contributed by atoms with Gasteiger partial charge in [0.15, 0.2) is 0 Å². The standard InChI is InChI=1S/C17H11Cl3N2O2/c1-2-24-17(23)13-8-22-16-12(14(13)20)3-4-21-15(16)9-5-10(18)7-11(19)6-9/h3-8H,2H2,1H3. The van der Waals surface area contributed by atoms with Gasteiger partial charge in [0, 0.05) is 33.4 Å². The third kappa shape index (κ3) is 3.18. The monoisotopic (exact) mass is 380 g/mol. The van der Waals surface area contributed by atoms with Crippen molar-refractivity contribution in [3.63, 3.8) is 0 Å². The van der Waals surface area contributed by atoms with Gasteiger partial charge in [0.25, 0.3) is 0 Å². The number of halogens is 3. The molecule has 0 aliphatic rings. The van der Waals surface area contributed by atoms with Crippen molar-refractivity contribution in [3.8, 4) is 11.3 Å². The molecule has 2 heterocycles. The summed E-state index contributed by atoms with van der Waals surface area (Å²) in [6.07, 6.45) is 2.98. The molecule has 7 heteroatoms. The summed E-state index contributed by atoms with van der Waals surface area (Å²) in [6, 6.07) is 6.81. The van der Waals surface area contributed by atoms with E-state index in [1.807, 2.05) is 0 Å². The first-order chi connectivity index (χ1) is 11.5. The molecule has 0 bridgehead atoms. The molecule has 0 atom stereocenters. The Morgan fingerprint density at radius 3 is 2.50 bits per heavy atom. The highest BCUT2D eigenvalue weighted by molar-refractivity contribution is 6.38. The van der Waals surface area contributed by atoms with E-state index >= 15 is 0 Å². The van der Waals surface area contributed by atoms with E-state index in [1.54, 1.807) is 37.4 Å². The van der Waals surface area contributed by atoms with Crippen LogP contribution in [0, 0.1) is 0 Å². The smallest absolute Gasteiger partial charge is 0.341 e. The van der Waals surface area contributed by atoms with E-state index in [2.05, 4.69) is 9.97 Å². The van der Waals surface area contributed by atoms with E-state index in [9.17, 15) is 4.79 Å². The molecule has 3 rings (SSSR count). The fourth-order valence-corrected chi connectivity index (χ4v) is 3.15. The highest BCUT2D eigenvalue weighted by Gasteiger charge is 2.17. The summed E-state index contributed by atoms with van der Waals surface area (Å²) in [5, 5.41) is 1.86. The summed E-state index contributed by atoms with van der Waals surface area (Å²) in [4.78, 5) is 20.7. The lowest BCUT2D eigenvalue weighted by atomic mass is 10.1. The Hall–Kier alpha value is -1.88. The number of rotatable bonds is 3. The zero-order valence-electron chi connectivity index (χ0n) is 12.5. The van der Waals surface area contributed by atoms with Crippen LogP contribution in [0.5, 0.6) is 0 Å². The van der Waals surface area contributed by atoms with Gasteiger partial charge in [0.2, 0.25) is 0 Å². The highest BCUT2D eigenvalue weighted by Crippen LogP contribution is 2.33. The second kappa shape index (κ2) is 6.93. The van der Waals surface area contributed by atoms with E-state index in [1.165, 1.54) is 6.20 Å². The Labute approximate surface area is 153 Å². The summed E-state index contributed by atoms with van der Waals surface area (Å²) in [5.74, 6) is -0.513. The Balaban J connectivity index is 2.21. The van der Waals surface area contributed by atoms with Gasteiger partial charge in [0.1, 0.15) is 0 Å². The SMILES string of the molecule is CCOC(=O)c1cnc2c(-c3cc(Cl)cc(Cl)c3)nccc2c1Cl. The number of ether oxygens (including phenoxy) is 1. The zero-order valence-corrected chi connectivity index (χ0v) is 14.8. The summed E-state index contributed by atoms with van der Waals surface area (Å²) >= 11 is 18.5. The fourth-order valence-electron chi connectivity index (χ4n) is 2.35. The normalized spacial score (nSPS) is 10.8. The van der Waals surface area contributed by atoms with Crippen LogP contribution < -0.4 is 0 Å². The maximum atomic E-state index is 12.0. The number of hydrogen-bond donors (Lipinski definition) is 0. The maximum Gasteiger partial charge on any atom is 0.341 e. The van der Waals surface area contributed by atoms with Crippen LogP contribution in [0.1, 0.15) is 17.3 Å². The van der Waals surface area contributed by atoms with Crippen LogP contribution in [0.15, 0.2) is 36.7 Å². The van der Waals surface area contributed by atoms with Gasteiger partial charge < -0.3 is 4.74 Å². The average Bonchev–Trinajstić information content (AvgIpc) is 2.54.